The van der Waals surface area contributed by atoms with Gasteiger partial charge in [-0.25, -0.2) is 9.07 Å². The van der Waals surface area contributed by atoms with Crippen LogP contribution in [0.3, 0.4) is 0 Å². The Labute approximate surface area is 194 Å². The Balaban J connectivity index is 1.96. The van der Waals surface area contributed by atoms with Gasteiger partial charge >= 0.3 is 0 Å². The SMILES string of the molecule is C#CCOCC(O)CN(Cc1c(-c2ccccc2)nn(C)c1Oc1ccccc1F)C(C)C. The van der Waals surface area contributed by atoms with Gasteiger partial charge in [0, 0.05) is 31.7 Å². The van der Waals surface area contributed by atoms with Gasteiger partial charge in [0.2, 0.25) is 5.88 Å². The molecule has 0 amide bonds. The van der Waals surface area contributed by atoms with Crippen molar-refractivity contribution < 1.29 is 19.0 Å². The molecule has 33 heavy (non-hydrogen) atoms. The zero-order chi connectivity index (χ0) is 23.8. The van der Waals surface area contributed by atoms with Crippen LogP contribution in [0.4, 0.5) is 4.39 Å². The van der Waals surface area contributed by atoms with Gasteiger partial charge < -0.3 is 14.6 Å². The van der Waals surface area contributed by atoms with Gasteiger partial charge in [-0.3, -0.25) is 4.90 Å². The molecule has 1 aromatic heterocycles. The van der Waals surface area contributed by atoms with Gasteiger partial charge in [-0.1, -0.05) is 48.4 Å². The largest absolute Gasteiger partial charge is 0.436 e. The van der Waals surface area contributed by atoms with Crippen LogP contribution in [-0.4, -0.2) is 51.7 Å². The molecule has 0 aliphatic rings. The number of hydrogen-bond acceptors (Lipinski definition) is 5. The van der Waals surface area contributed by atoms with Crippen LogP contribution >= 0.6 is 0 Å². The topological polar surface area (TPSA) is 59.8 Å². The lowest BCUT2D eigenvalue weighted by Crippen LogP contribution is -2.39. The molecule has 174 valence electrons. The number of ether oxygens (including phenoxy) is 2. The molecule has 0 bridgehead atoms. The fourth-order valence-electron chi connectivity index (χ4n) is 3.52. The minimum absolute atomic E-state index is 0.109. The van der Waals surface area contributed by atoms with Gasteiger partial charge in [0.15, 0.2) is 11.6 Å². The van der Waals surface area contributed by atoms with Crippen molar-refractivity contribution in [2.45, 2.75) is 32.5 Å². The van der Waals surface area contributed by atoms with E-state index in [9.17, 15) is 9.50 Å². The Bertz CT molecular complexity index is 1080. The van der Waals surface area contributed by atoms with Crippen LogP contribution in [-0.2, 0) is 18.3 Å². The average Bonchev–Trinajstić information content (AvgIpc) is 3.10. The number of hydrogen-bond donors (Lipinski definition) is 1. The van der Waals surface area contributed by atoms with E-state index in [1.54, 1.807) is 29.9 Å². The number of benzene rings is 2. The van der Waals surface area contributed by atoms with Crippen LogP contribution in [0.25, 0.3) is 11.3 Å². The van der Waals surface area contributed by atoms with E-state index in [1.165, 1.54) is 6.07 Å². The number of halogens is 1. The molecule has 0 saturated carbocycles. The molecule has 1 unspecified atom stereocenters. The number of para-hydroxylation sites is 1. The van der Waals surface area contributed by atoms with E-state index >= 15 is 0 Å². The van der Waals surface area contributed by atoms with Crippen LogP contribution in [0, 0.1) is 18.2 Å². The van der Waals surface area contributed by atoms with E-state index in [-0.39, 0.29) is 25.0 Å². The van der Waals surface area contributed by atoms with E-state index < -0.39 is 11.9 Å². The van der Waals surface area contributed by atoms with Gasteiger partial charge in [-0.2, -0.15) is 5.10 Å². The molecule has 6 nitrogen and oxygen atoms in total. The first-order valence-corrected chi connectivity index (χ1v) is 10.9. The molecule has 2 aromatic carbocycles. The van der Waals surface area contributed by atoms with Crippen molar-refractivity contribution in [3.63, 3.8) is 0 Å². The van der Waals surface area contributed by atoms with E-state index in [1.807, 2.05) is 44.2 Å². The molecule has 7 heteroatoms. The predicted molar refractivity (Wildman–Crippen MR) is 126 cm³/mol. The third kappa shape index (κ3) is 6.42. The highest BCUT2D eigenvalue weighted by Crippen LogP contribution is 2.35. The average molecular weight is 452 g/mol. The van der Waals surface area contributed by atoms with Crippen LogP contribution in [0.5, 0.6) is 11.6 Å². The Kier molecular flexibility index (Phi) is 8.61. The number of rotatable bonds is 11. The molecule has 3 rings (SSSR count). The molecule has 0 fully saturated rings. The van der Waals surface area contributed by atoms with Crippen molar-refractivity contribution in [3.8, 4) is 35.2 Å². The fourth-order valence-corrected chi connectivity index (χ4v) is 3.52. The zero-order valence-corrected chi connectivity index (χ0v) is 19.2. The second kappa shape index (κ2) is 11.6. The lowest BCUT2D eigenvalue weighted by atomic mass is 10.1. The first-order valence-electron chi connectivity index (χ1n) is 10.9. The van der Waals surface area contributed by atoms with Crippen molar-refractivity contribution in [1.82, 2.24) is 14.7 Å². The molecule has 0 saturated heterocycles. The second-order valence-corrected chi connectivity index (χ2v) is 8.05. The molecular weight excluding hydrogens is 421 g/mol. The summed E-state index contributed by atoms with van der Waals surface area (Å²) in [6.45, 7) is 5.19. The highest BCUT2D eigenvalue weighted by Gasteiger charge is 2.25. The van der Waals surface area contributed by atoms with Gasteiger partial charge in [0.05, 0.1) is 18.3 Å². The first kappa shape index (κ1) is 24.5. The molecule has 0 aliphatic heterocycles. The maximum absolute atomic E-state index is 14.4. The number of nitrogens with zero attached hydrogens (tertiary/aromatic N) is 3. The van der Waals surface area contributed by atoms with E-state index in [4.69, 9.17) is 21.0 Å². The summed E-state index contributed by atoms with van der Waals surface area (Å²) >= 11 is 0. The van der Waals surface area contributed by atoms with Gasteiger partial charge in [0.25, 0.3) is 0 Å². The Morgan fingerprint density at radius 1 is 1.15 bits per heavy atom. The van der Waals surface area contributed by atoms with Gasteiger partial charge in [0.1, 0.15) is 12.3 Å². The molecular formula is C26H30FN3O3. The van der Waals surface area contributed by atoms with Gasteiger partial charge in [-0.05, 0) is 26.0 Å². The molecule has 0 spiro atoms. The first-order chi connectivity index (χ1) is 15.9. The van der Waals surface area contributed by atoms with Crippen LogP contribution < -0.4 is 4.74 Å². The fraction of sp³-hybridized carbons (Fsp3) is 0.346. The highest BCUT2D eigenvalue weighted by molar-refractivity contribution is 5.65. The van der Waals surface area contributed by atoms with E-state index in [2.05, 4.69) is 10.8 Å². The summed E-state index contributed by atoms with van der Waals surface area (Å²) in [6.07, 6.45) is 4.50. The Morgan fingerprint density at radius 2 is 1.85 bits per heavy atom. The molecule has 0 aliphatic carbocycles. The van der Waals surface area contributed by atoms with Crippen LogP contribution in [0.1, 0.15) is 19.4 Å². The smallest absolute Gasteiger partial charge is 0.222 e. The molecule has 3 aromatic rings. The third-order valence-electron chi connectivity index (χ3n) is 5.21. The highest BCUT2D eigenvalue weighted by atomic mass is 19.1. The lowest BCUT2D eigenvalue weighted by Gasteiger charge is -2.29. The number of aliphatic hydroxyl groups is 1. The summed E-state index contributed by atoms with van der Waals surface area (Å²) in [5.74, 6) is 2.52. The van der Waals surface area contributed by atoms with E-state index in [0.717, 1.165) is 16.8 Å². The molecule has 1 atom stereocenters. The number of aryl methyl sites for hydroxylation is 1. The maximum atomic E-state index is 14.4. The summed E-state index contributed by atoms with van der Waals surface area (Å²) in [5.41, 5.74) is 2.47. The Morgan fingerprint density at radius 3 is 2.52 bits per heavy atom. The van der Waals surface area contributed by atoms with Crippen molar-refractivity contribution in [3.05, 3.63) is 66.0 Å². The minimum Gasteiger partial charge on any atom is -0.436 e. The maximum Gasteiger partial charge on any atom is 0.222 e. The normalized spacial score (nSPS) is 12.2. The Hall–Kier alpha value is -3.18. The van der Waals surface area contributed by atoms with E-state index in [0.29, 0.717) is 19.0 Å². The standard InChI is InChI=1S/C26H30FN3O3/c1-5-15-32-18-21(31)16-30(19(2)3)17-22-25(20-11-7-6-8-12-20)28-29(4)26(22)33-24-14-10-9-13-23(24)27/h1,6-14,19,21,31H,15-18H2,2-4H3. The molecule has 0 radical (unpaired) electrons. The zero-order valence-electron chi connectivity index (χ0n) is 19.2. The lowest BCUT2D eigenvalue weighted by molar-refractivity contribution is 0.0191. The number of aliphatic hydroxyl groups excluding tert-OH is 1. The summed E-state index contributed by atoms with van der Waals surface area (Å²) in [4.78, 5) is 2.10. The van der Waals surface area contributed by atoms with Crippen LogP contribution in [0.15, 0.2) is 54.6 Å². The summed E-state index contributed by atoms with van der Waals surface area (Å²) in [6, 6.07) is 16.2. The monoisotopic (exact) mass is 451 g/mol. The van der Waals surface area contributed by atoms with Crippen molar-refractivity contribution in [2.75, 3.05) is 19.8 Å². The van der Waals surface area contributed by atoms with Crippen LogP contribution in [0.2, 0.25) is 0 Å². The summed E-state index contributed by atoms with van der Waals surface area (Å²) < 4.78 is 27.3. The third-order valence-corrected chi connectivity index (χ3v) is 5.21. The number of terminal acetylenes is 1. The second-order valence-electron chi connectivity index (χ2n) is 8.05. The minimum atomic E-state index is -0.714. The number of aromatic nitrogens is 2. The van der Waals surface area contributed by atoms with Crippen molar-refractivity contribution >= 4 is 0 Å². The predicted octanol–water partition coefficient (Wildman–Crippen LogP) is 4.24. The molecule has 1 N–H and O–H groups in total. The quantitative estimate of drug-likeness (QED) is 0.349. The molecule has 1 heterocycles. The van der Waals surface area contributed by atoms with Crippen molar-refractivity contribution in [1.29, 1.82) is 0 Å². The summed E-state index contributed by atoms with van der Waals surface area (Å²) in [5, 5.41) is 15.2. The summed E-state index contributed by atoms with van der Waals surface area (Å²) in [7, 11) is 1.77. The van der Waals surface area contributed by atoms with Gasteiger partial charge in [-0.15, -0.1) is 6.42 Å². The van der Waals surface area contributed by atoms with Crippen molar-refractivity contribution in [2.24, 2.45) is 7.05 Å².